The molecule has 4 aliphatic rings. The molecule has 6 unspecified atom stereocenters. The van der Waals surface area contributed by atoms with Gasteiger partial charge in [-0.05, 0) is 71.5 Å². The van der Waals surface area contributed by atoms with Crippen LogP contribution in [0.15, 0.2) is 0 Å². The molecule has 0 spiro atoms. The molecule has 0 aromatic carbocycles. The van der Waals surface area contributed by atoms with Gasteiger partial charge in [0.15, 0.2) is 0 Å². The number of ketones is 1. The Morgan fingerprint density at radius 2 is 1.42 bits per heavy atom. The molecule has 0 aromatic heterocycles. The first-order chi connectivity index (χ1) is 14.6. The van der Waals surface area contributed by atoms with E-state index >= 15 is 0 Å². The quantitative estimate of drug-likeness (QED) is 0.260. The molecule has 0 aromatic rings. The van der Waals surface area contributed by atoms with Gasteiger partial charge in [-0.25, -0.2) is 0 Å². The van der Waals surface area contributed by atoms with Crippen LogP contribution in [0.4, 0.5) is 0 Å². The standard InChI is InChI=1S/C24H40O2.CH4O.3HI.H2O.V/c1-14-10-19-18-11-15(2)21(3,4)23(18,6)13-20(26)24(19,7)22(5)9-8-16(25)12-17(14)22;1-2;;;;;/h14-15,17-20,26H,8-13H2,1-7H3;2H,1H3;3*1H;1H2;/q;;;;;;+3/p-3/t14?,15?,17?,18?,19?,20-,22-,23-,24?;;;;;;/m0....../s1. The number of Topliss-reactive ketones (excluding diaryl/α,β-unsaturated/α-hetero) is 1. The zero-order chi connectivity index (χ0) is 24.9. The van der Waals surface area contributed by atoms with E-state index in [1.54, 1.807) is 0 Å². The molecule has 0 heterocycles. The van der Waals surface area contributed by atoms with Crippen LogP contribution in [-0.4, -0.2) is 34.7 Å². The van der Waals surface area contributed by atoms with E-state index < -0.39 is 0 Å². The third-order valence-corrected chi connectivity index (χ3v) is 11.4. The van der Waals surface area contributed by atoms with E-state index in [2.05, 4.69) is 108 Å². The van der Waals surface area contributed by atoms with Crippen LogP contribution in [0.2, 0.25) is 0 Å². The zero-order valence-electron chi connectivity index (χ0n) is 21.6. The van der Waals surface area contributed by atoms with Crippen molar-refractivity contribution in [2.45, 2.75) is 93.1 Å². The van der Waals surface area contributed by atoms with Gasteiger partial charge >= 0.3 is 64.9 Å². The molecule has 0 amide bonds. The number of hydrogen-bond donors (Lipinski definition) is 2. The van der Waals surface area contributed by atoms with Gasteiger partial charge in [0.1, 0.15) is 5.78 Å². The molecular weight excluding hydrogens is 796 g/mol. The van der Waals surface area contributed by atoms with Gasteiger partial charge in [0.25, 0.3) is 0 Å². The summed E-state index contributed by atoms with van der Waals surface area (Å²) in [7, 11) is 1.00. The fourth-order valence-corrected chi connectivity index (χ4v) is 8.71. The van der Waals surface area contributed by atoms with Gasteiger partial charge in [-0.15, -0.1) is 0 Å². The summed E-state index contributed by atoms with van der Waals surface area (Å²) >= 11 is 7.39. The number of halogens is 3. The minimum absolute atomic E-state index is 0. The summed E-state index contributed by atoms with van der Waals surface area (Å²) in [6.07, 6.45) is 5.65. The third kappa shape index (κ3) is 5.42. The second-order valence-electron chi connectivity index (χ2n) is 12.2. The Hall–Kier alpha value is 2.32. The van der Waals surface area contributed by atoms with Crippen LogP contribution in [0.5, 0.6) is 0 Å². The van der Waals surface area contributed by atoms with Crippen molar-refractivity contribution in [1.82, 2.24) is 0 Å². The van der Waals surface area contributed by atoms with Crippen LogP contribution in [0.25, 0.3) is 0 Å². The third-order valence-electron chi connectivity index (χ3n) is 11.4. The molecule has 4 fully saturated rings. The first kappa shape index (κ1) is 33.4. The Kier molecular flexibility index (Phi) is 12.1. The minimum atomic E-state index is -0.278. The summed E-state index contributed by atoms with van der Waals surface area (Å²) < 4.78 is 0. The first-order valence-corrected chi connectivity index (χ1v) is 25.6. The fraction of sp³-hybridized carbons (Fsp3) is 0.960. The number of carbonyl (C=O) groups excluding carboxylic acids is 1. The maximum absolute atomic E-state index is 12.3. The molecular formula is C25H46I3O4V. The summed E-state index contributed by atoms with van der Waals surface area (Å²) in [5.74, 6) is 3.50. The molecule has 4 saturated carbocycles. The average molecular weight is 842 g/mol. The number of aliphatic hydroxyl groups excluding tert-OH is 2. The second kappa shape index (κ2) is 12.0. The molecule has 9 atom stereocenters. The van der Waals surface area contributed by atoms with Gasteiger partial charge in [0.05, 0.1) is 6.10 Å². The molecule has 4 aliphatic carbocycles. The van der Waals surface area contributed by atoms with Crippen molar-refractivity contribution in [3.05, 3.63) is 0 Å². The molecule has 4 nitrogen and oxygen atoms in total. The van der Waals surface area contributed by atoms with E-state index in [0.29, 0.717) is 35.4 Å². The van der Waals surface area contributed by atoms with Crippen LogP contribution in [0, 0.1) is 51.2 Å². The molecule has 33 heavy (non-hydrogen) atoms. The molecule has 0 radical (unpaired) electrons. The summed E-state index contributed by atoms with van der Waals surface area (Å²) in [5.41, 5.74) is 0.558. The van der Waals surface area contributed by atoms with Crippen molar-refractivity contribution in [2.24, 2.45) is 51.2 Å². The van der Waals surface area contributed by atoms with Crippen LogP contribution < -0.4 is 0 Å². The molecule has 196 valence electrons. The Bertz CT molecular complexity index is 690. The number of hydrogen-bond acceptors (Lipinski definition) is 3. The average Bonchev–Trinajstić information content (AvgIpc) is 2.87. The van der Waals surface area contributed by atoms with Crippen molar-refractivity contribution in [3.8, 4) is 0 Å². The van der Waals surface area contributed by atoms with Gasteiger partial charge in [0, 0.05) is 25.4 Å². The van der Waals surface area contributed by atoms with Gasteiger partial charge in [-0.1, -0.05) is 48.5 Å². The summed E-state index contributed by atoms with van der Waals surface area (Å²) in [6.45, 7) is 17.0. The molecule has 0 saturated heterocycles. The first-order valence-electron chi connectivity index (χ1n) is 12.0. The molecule has 4 rings (SSSR count). The van der Waals surface area contributed by atoms with Crippen LogP contribution in [-0.2, 0) is 9.72 Å². The zero-order valence-corrected chi connectivity index (χ0v) is 29.5. The van der Waals surface area contributed by atoms with Crippen LogP contribution >= 0.6 is 59.9 Å². The SMILES string of the molecule is CC1CC2C3CC(C)C(C)(C)[C@@]3(C)C[C@H](O)C2(C)[C@@]2(C)CCC(=O)CC12.CO.O.[I][V]([I])[I]. The van der Waals surface area contributed by atoms with E-state index in [0.717, 1.165) is 32.8 Å². The second-order valence-corrected chi connectivity index (χ2v) is 47.5. The van der Waals surface area contributed by atoms with Crippen molar-refractivity contribution in [1.29, 1.82) is 0 Å². The Morgan fingerprint density at radius 3 is 1.94 bits per heavy atom. The predicted molar refractivity (Wildman–Crippen MR) is 159 cm³/mol. The fourth-order valence-electron chi connectivity index (χ4n) is 8.71. The van der Waals surface area contributed by atoms with Crippen LogP contribution in [0.1, 0.15) is 87.0 Å². The molecule has 0 bridgehead atoms. The summed E-state index contributed by atoms with van der Waals surface area (Å²) in [4.78, 5) is 12.0. The molecule has 8 heteroatoms. The Balaban J connectivity index is 0.000000706. The van der Waals surface area contributed by atoms with E-state index in [1.165, 1.54) is 12.8 Å². The van der Waals surface area contributed by atoms with Crippen molar-refractivity contribution < 1.29 is 25.4 Å². The Morgan fingerprint density at radius 1 is 0.909 bits per heavy atom. The van der Waals surface area contributed by atoms with Gasteiger partial charge in [0.2, 0.25) is 0 Å². The summed E-state index contributed by atoms with van der Waals surface area (Å²) in [6, 6.07) is 0. The van der Waals surface area contributed by atoms with E-state index in [9.17, 15) is 9.90 Å². The van der Waals surface area contributed by atoms with E-state index in [1.807, 2.05) is 0 Å². The topological polar surface area (TPSA) is 89.0 Å². The van der Waals surface area contributed by atoms with Gasteiger partial charge < -0.3 is 15.7 Å². The normalized spacial score (nSPS) is 47.5. The Labute approximate surface area is 240 Å². The van der Waals surface area contributed by atoms with Gasteiger partial charge in [-0.2, -0.15) is 0 Å². The van der Waals surface area contributed by atoms with Crippen molar-refractivity contribution in [3.63, 3.8) is 0 Å². The maximum atomic E-state index is 12.3. The molecule has 4 N–H and O–H groups in total. The van der Waals surface area contributed by atoms with Crippen LogP contribution in [0.3, 0.4) is 0 Å². The van der Waals surface area contributed by atoms with Crippen molar-refractivity contribution >= 4 is 65.7 Å². The van der Waals surface area contributed by atoms with E-state index in [-0.39, 0.29) is 38.2 Å². The number of rotatable bonds is 0. The predicted octanol–water partition coefficient (Wildman–Crippen LogP) is 6.92. The number of fused-ring (bicyclic) bond motifs is 5. The van der Waals surface area contributed by atoms with E-state index in [4.69, 9.17) is 5.11 Å². The monoisotopic (exact) mass is 842 g/mol. The molecule has 0 aliphatic heterocycles. The van der Waals surface area contributed by atoms with Gasteiger partial charge in [-0.3, -0.25) is 4.79 Å². The number of aliphatic hydroxyl groups is 2. The summed E-state index contributed by atoms with van der Waals surface area (Å²) in [5, 5.41) is 18.7. The number of carbonyl (C=O) groups is 1. The van der Waals surface area contributed by atoms with Crippen molar-refractivity contribution in [2.75, 3.05) is 7.11 Å².